The molecule has 0 aromatic rings. The molecular formula is C7H17ClN2O. The van der Waals surface area contributed by atoms with Gasteiger partial charge in [-0.2, -0.15) is 0 Å². The van der Waals surface area contributed by atoms with Crippen molar-refractivity contribution >= 4 is 18.3 Å². The number of carbonyl (C=O) groups is 1. The molecular weight excluding hydrogens is 164 g/mol. The third-order valence-electron chi connectivity index (χ3n) is 1.24. The highest BCUT2D eigenvalue weighted by Gasteiger charge is 2.02. The molecule has 11 heavy (non-hydrogen) atoms. The van der Waals surface area contributed by atoms with Gasteiger partial charge in [0.15, 0.2) is 0 Å². The molecule has 0 fully saturated rings. The second-order valence-electron chi connectivity index (χ2n) is 2.45. The SMILES string of the molecule is CCCC(=O)N[C@@H](C)CN.Cl. The van der Waals surface area contributed by atoms with Crippen molar-refractivity contribution < 1.29 is 4.79 Å². The maximum atomic E-state index is 10.8. The van der Waals surface area contributed by atoms with Crippen LogP contribution in [0.5, 0.6) is 0 Å². The highest BCUT2D eigenvalue weighted by Crippen LogP contribution is 1.86. The number of carbonyl (C=O) groups excluding carboxylic acids is 1. The van der Waals surface area contributed by atoms with Gasteiger partial charge in [-0.05, 0) is 13.3 Å². The number of nitrogens with one attached hydrogen (secondary N) is 1. The fraction of sp³-hybridized carbons (Fsp3) is 0.857. The minimum atomic E-state index is 0. The molecule has 0 aliphatic heterocycles. The first-order valence-corrected chi connectivity index (χ1v) is 3.70. The zero-order chi connectivity index (χ0) is 7.98. The zero-order valence-corrected chi connectivity index (χ0v) is 7.91. The summed E-state index contributed by atoms with van der Waals surface area (Å²) in [5, 5.41) is 2.77. The van der Waals surface area contributed by atoms with Gasteiger partial charge in [-0.15, -0.1) is 12.4 Å². The molecule has 0 unspecified atom stereocenters. The van der Waals surface area contributed by atoms with Crippen molar-refractivity contribution in [1.82, 2.24) is 5.32 Å². The molecule has 0 radical (unpaired) electrons. The quantitative estimate of drug-likeness (QED) is 0.669. The fourth-order valence-electron chi connectivity index (χ4n) is 0.633. The predicted octanol–water partition coefficient (Wildman–Crippen LogP) is 0.672. The number of rotatable bonds is 4. The van der Waals surface area contributed by atoms with Crippen LogP contribution < -0.4 is 11.1 Å². The molecule has 68 valence electrons. The van der Waals surface area contributed by atoms with Gasteiger partial charge >= 0.3 is 0 Å². The summed E-state index contributed by atoms with van der Waals surface area (Å²) in [4.78, 5) is 10.8. The Bertz CT molecular complexity index is 109. The van der Waals surface area contributed by atoms with Crippen LogP contribution >= 0.6 is 12.4 Å². The Morgan fingerprint density at radius 1 is 1.64 bits per heavy atom. The molecule has 0 aromatic heterocycles. The average Bonchev–Trinajstić information content (AvgIpc) is 1.88. The monoisotopic (exact) mass is 180 g/mol. The van der Waals surface area contributed by atoms with Crippen molar-refractivity contribution in [3.05, 3.63) is 0 Å². The first-order chi connectivity index (χ1) is 4.70. The van der Waals surface area contributed by atoms with Crippen LogP contribution in [0.2, 0.25) is 0 Å². The van der Waals surface area contributed by atoms with Crippen LogP contribution in [0.25, 0.3) is 0 Å². The molecule has 0 spiro atoms. The Morgan fingerprint density at radius 2 is 2.18 bits per heavy atom. The number of hydrogen-bond acceptors (Lipinski definition) is 2. The smallest absolute Gasteiger partial charge is 0.220 e. The van der Waals surface area contributed by atoms with E-state index in [-0.39, 0.29) is 24.4 Å². The largest absolute Gasteiger partial charge is 0.352 e. The van der Waals surface area contributed by atoms with Crippen LogP contribution in [0.3, 0.4) is 0 Å². The summed E-state index contributed by atoms with van der Waals surface area (Å²) >= 11 is 0. The summed E-state index contributed by atoms with van der Waals surface area (Å²) in [6, 6.07) is 0.110. The standard InChI is InChI=1S/C7H16N2O.ClH/c1-3-4-7(10)9-6(2)5-8;/h6H,3-5,8H2,1-2H3,(H,9,10);1H/t6-;/m0./s1. The van der Waals surface area contributed by atoms with Crippen molar-refractivity contribution in [2.45, 2.75) is 32.7 Å². The summed E-state index contributed by atoms with van der Waals surface area (Å²) in [6.07, 6.45) is 1.49. The first-order valence-electron chi connectivity index (χ1n) is 3.70. The molecule has 4 heteroatoms. The van der Waals surface area contributed by atoms with Gasteiger partial charge in [0.05, 0.1) is 0 Å². The maximum Gasteiger partial charge on any atom is 0.220 e. The van der Waals surface area contributed by atoms with Crippen LogP contribution in [-0.2, 0) is 4.79 Å². The number of nitrogens with two attached hydrogens (primary N) is 1. The highest BCUT2D eigenvalue weighted by atomic mass is 35.5. The fourth-order valence-corrected chi connectivity index (χ4v) is 0.633. The number of halogens is 1. The van der Waals surface area contributed by atoms with E-state index in [4.69, 9.17) is 5.73 Å². The maximum absolute atomic E-state index is 10.8. The Morgan fingerprint density at radius 3 is 2.55 bits per heavy atom. The molecule has 3 nitrogen and oxygen atoms in total. The van der Waals surface area contributed by atoms with Crippen molar-refractivity contribution in [2.75, 3.05) is 6.54 Å². The van der Waals surface area contributed by atoms with Crippen molar-refractivity contribution in [3.63, 3.8) is 0 Å². The van der Waals surface area contributed by atoms with E-state index in [1.807, 2.05) is 13.8 Å². The molecule has 0 rings (SSSR count). The van der Waals surface area contributed by atoms with Crippen molar-refractivity contribution in [1.29, 1.82) is 0 Å². The van der Waals surface area contributed by atoms with Gasteiger partial charge in [-0.3, -0.25) is 4.79 Å². The third-order valence-corrected chi connectivity index (χ3v) is 1.24. The van der Waals surface area contributed by atoms with Crippen LogP contribution in [0.15, 0.2) is 0 Å². The van der Waals surface area contributed by atoms with Gasteiger partial charge in [0.25, 0.3) is 0 Å². The Hall–Kier alpha value is -0.280. The molecule has 0 heterocycles. The molecule has 1 amide bonds. The van der Waals surface area contributed by atoms with Gasteiger partial charge in [0.1, 0.15) is 0 Å². The summed E-state index contributed by atoms with van der Waals surface area (Å²) in [7, 11) is 0. The molecule has 1 atom stereocenters. The summed E-state index contributed by atoms with van der Waals surface area (Å²) in [5.41, 5.74) is 5.30. The van der Waals surface area contributed by atoms with Crippen LogP contribution in [-0.4, -0.2) is 18.5 Å². The van der Waals surface area contributed by atoms with E-state index in [1.165, 1.54) is 0 Å². The second-order valence-corrected chi connectivity index (χ2v) is 2.45. The zero-order valence-electron chi connectivity index (χ0n) is 7.09. The summed E-state index contributed by atoms with van der Waals surface area (Å²) < 4.78 is 0. The number of hydrogen-bond donors (Lipinski definition) is 2. The lowest BCUT2D eigenvalue weighted by molar-refractivity contribution is -0.121. The lowest BCUT2D eigenvalue weighted by Gasteiger charge is -2.09. The van der Waals surface area contributed by atoms with Crippen LogP contribution in [0.4, 0.5) is 0 Å². The van der Waals surface area contributed by atoms with E-state index in [9.17, 15) is 4.79 Å². The Kier molecular flexibility index (Phi) is 9.47. The number of amides is 1. The Labute approximate surface area is 74.1 Å². The Balaban J connectivity index is 0. The van der Waals surface area contributed by atoms with E-state index in [0.29, 0.717) is 13.0 Å². The first kappa shape index (κ1) is 13.3. The van der Waals surface area contributed by atoms with E-state index in [1.54, 1.807) is 0 Å². The van der Waals surface area contributed by atoms with Gasteiger partial charge < -0.3 is 11.1 Å². The highest BCUT2D eigenvalue weighted by molar-refractivity contribution is 5.85. The average molecular weight is 181 g/mol. The van der Waals surface area contributed by atoms with E-state index < -0.39 is 0 Å². The molecule has 0 saturated carbocycles. The molecule has 0 aromatic carbocycles. The van der Waals surface area contributed by atoms with E-state index in [0.717, 1.165) is 6.42 Å². The van der Waals surface area contributed by atoms with Crippen LogP contribution in [0.1, 0.15) is 26.7 Å². The van der Waals surface area contributed by atoms with Gasteiger partial charge in [-0.1, -0.05) is 6.92 Å². The second kappa shape index (κ2) is 7.82. The predicted molar refractivity (Wildman–Crippen MR) is 48.8 cm³/mol. The van der Waals surface area contributed by atoms with Gasteiger partial charge in [0, 0.05) is 19.0 Å². The van der Waals surface area contributed by atoms with Gasteiger partial charge in [-0.25, -0.2) is 0 Å². The molecule has 0 saturated heterocycles. The molecule has 0 aliphatic carbocycles. The lowest BCUT2D eigenvalue weighted by Crippen LogP contribution is -2.37. The summed E-state index contributed by atoms with van der Waals surface area (Å²) in [6.45, 7) is 4.38. The van der Waals surface area contributed by atoms with Gasteiger partial charge in [0.2, 0.25) is 5.91 Å². The minimum Gasteiger partial charge on any atom is -0.352 e. The van der Waals surface area contributed by atoms with E-state index >= 15 is 0 Å². The molecule has 0 aliphatic rings. The lowest BCUT2D eigenvalue weighted by atomic mass is 10.3. The third kappa shape index (κ3) is 7.62. The van der Waals surface area contributed by atoms with Crippen molar-refractivity contribution in [3.8, 4) is 0 Å². The van der Waals surface area contributed by atoms with E-state index in [2.05, 4.69) is 5.32 Å². The normalized spacial score (nSPS) is 11.5. The van der Waals surface area contributed by atoms with Crippen LogP contribution in [0, 0.1) is 0 Å². The molecule has 0 bridgehead atoms. The minimum absolute atomic E-state index is 0. The molecule has 3 N–H and O–H groups in total. The summed E-state index contributed by atoms with van der Waals surface area (Å²) in [5.74, 6) is 0.0976. The topological polar surface area (TPSA) is 55.1 Å². The van der Waals surface area contributed by atoms with Crippen molar-refractivity contribution in [2.24, 2.45) is 5.73 Å².